The molecule has 1 fully saturated rings. The summed E-state index contributed by atoms with van der Waals surface area (Å²) in [5.74, 6) is -0.371. The Morgan fingerprint density at radius 3 is 2.28 bits per heavy atom. The zero-order valence-electron chi connectivity index (χ0n) is 18.8. The number of ether oxygens (including phenoxy) is 1. The van der Waals surface area contributed by atoms with Crippen molar-refractivity contribution in [2.45, 2.75) is 19.9 Å². The molecule has 0 saturated carbocycles. The van der Waals surface area contributed by atoms with E-state index in [-0.39, 0.29) is 11.3 Å². The number of benzene rings is 2. The first-order chi connectivity index (χ1) is 15.2. The average molecular weight is 501 g/mol. The lowest BCUT2D eigenvalue weighted by Gasteiger charge is -2.26. The number of nitrogens with zero attached hydrogens (tertiary/aromatic N) is 2. The van der Waals surface area contributed by atoms with Crippen LogP contribution in [-0.4, -0.2) is 60.4 Å². The number of aliphatic hydroxyl groups excluding tert-OH is 1. The number of aliphatic hydroxyl groups is 1. The van der Waals surface area contributed by atoms with Gasteiger partial charge in [-0.3, -0.25) is 9.59 Å². The van der Waals surface area contributed by atoms with Gasteiger partial charge in [-0.1, -0.05) is 41.9 Å². The van der Waals surface area contributed by atoms with Gasteiger partial charge in [-0.05, 0) is 62.0 Å². The van der Waals surface area contributed by atoms with Gasteiger partial charge in [-0.2, -0.15) is 0 Å². The maximum absolute atomic E-state index is 13.0. The van der Waals surface area contributed by atoms with Crippen LogP contribution < -0.4 is 4.74 Å². The van der Waals surface area contributed by atoms with E-state index in [4.69, 9.17) is 4.74 Å². The normalized spacial score (nSPS) is 18.1. The number of hydrogen-bond acceptors (Lipinski definition) is 5. The second-order valence-corrected chi connectivity index (χ2v) is 9.49. The molecule has 0 bridgehead atoms. The second kappa shape index (κ2) is 10.3. The van der Waals surface area contributed by atoms with Crippen LogP contribution in [0.15, 0.2) is 58.6 Å². The molecule has 2 aromatic carbocycles. The summed E-state index contributed by atoms with van der Waals surface area (Å²) in [4.78, 5) is 29.4. The number of hydrogen-bond donors (Lipinski definition) is 1. The summed E-state index contributed by atoms with van der Waals surface area (Å²) in [5, 5.41) is 11.1. The highest BCUT2D eigenvalue weighted by molar-refractivity contribution is 9.10. The second-order valence-electron chi connectivity index (χ2n) is 8.58. The van der Waals surface area contributed by atoms with E-state index in [0.29, 0.717) is 36.9 Å². The van der Waals surface area contributed by atoms with E-state index < -0.39 is 17.7 Å². The third-order valence-electron chi connectivity index (χ3n) is 5.22. The first-order valence-electron chi connectivity index (χ1n) is 10.6. The first kappa shape index (κ1) is 24.0. The molecule has 1 heterocycles. The molecule has 0 aromatic heterocycles. The highest BCUT2D eigenvalue weighted by atomic mass is 79.9. The summed E-state index contributed by atoms with van der Waals surface area (Å²) in [6.07, 6.45) is 0. The van der Waals surface area contributed by atoms with Crippen LogP contribution in [0, 0.1) is 5.92 Å². The van der Waals surface area contributed by atoms with Crippen LogP contribution in [0.5, 0.6) is 5.75 Å². The fraction of sp³-hybridized carbons (Fsp3) is 0.360. The number of ketones is 1. The van der Waals surface area contributed by atoms with Crippen molar-refractivity contribution in [1.82, 2.24) is 9.80 Å². The Hall–Kier alpha value is -2.64. The van der Waals surface area contributed by atoms with E-state index in [1.54, 1.807) is 24.3 Å². The zero-order valence-corrected chi connectivity index (χ0v) is 20.4. The van der Waals surface area contributed by atoms with Crippen LogP contribution in [0.1, 0.15) is 31.0 Å². The number of carbonyl (C=O) groups excluding carboxylic acids is 2. The highest BCUT2D eigenvalue weighted by Crippen LogP contribution is 2.39. The van der Waals surface area contributed by atoms with Gasteiger partial charge in [-0.25, -0.2) is 0 Å². The topological polar surface area (TPSA) is 70.1 Å². The van der Waals surface area contributed by atoms with Gasteiger partial charge in [0, 0.05) is 23.1 Å². The molecule has 32 heavy (non-hydrogen) atoms. The van der Waals surface area contributed by atoms with Gasteiger partial charge in [0.2, 0.25) is 0 Å². The van der Waals surface area contributed by atoms with E-state index in [0.717, 1.165) is 10.0 Å². The van der Waals surface area contributed by atoms with Crippen molar-refractivity contribution in [2.24, 2.45) is 5.92 Å². The van der Waals surface area contributed by atoms with Crippen LogP contribution in [-0.2, 0) is 9.59 Å². The number of likely N-dealkylation sites (N-methyl/N-ethyl adjacent to an activating group) is 1. The van der Waals surface area contributed by atoms with Crippen molar-refractivity contribution < 1.29 is 19.4 Å². The molecule has 1 amide bonds. The van der Waals surface area contributed by atoms with E-state index in [1.165, 1.54) is 4.90 Å². The Morgan fingerprint density at radius 1 is 1.09 bits per heavy atom. The van der Waals surface area contributed by atoms with Gasteiger partial charge >= 0.3 is 0 Å². The van der Waals surface area contributed by atoms with Crippen molar-refractivity contribution in [1.29, 1.82) is 0 Å². The third-order valence-corrected chi connectivity index (χ3v) is 5.75. The smallest absolute Gasteiger partial charge is 0.295 e. The molecule has 1 saturated heterocycles. The Labute approximate surface area is 197 Å². The summed E-state index contributed by atoms with van der Waals surface area (Å²) in [5.41, 5.74) is 1.34. The van der Waals surface area contributed by atoms with Crippen molar-refractivity contribution in [3.8, 4) is 5.75 Å². The lowest BCUT2D eigenvalue weighted by molar-refractivity contribution is -0.140. The fourth-order valence-corrected chi connectivity index (χ4v) is 3.80. The van der Waals surface area contributed by atoms with Crippen LogP contribution in [0.3, 0.4) is 0 Å². The summed E-state index contributed by atoms with van der Waals surface area (Å²) in [6, 6.07) is 13.7. The lowest BCUT2D eigenvalue weighted by Crippen LogP contribution is -2.35. The number of rotatable bonds is 8. The molecule has 1 aliphatic heterocycles. The molecule has 1 aliphatic rings. The van der Waals surface area contributed by atoms with Crippen LogP contribution in [0.4, 0.5) is 0 Å². The molecule has 0 spiro atoms. The minimum Gasteiger partial charge on any atom is -0.507 e. The minimum atomic E-state index is -0.672. The van der Waals surface area contributed by atoms with Crippen molar-refractivity contribution in [3.63, 3.8) is 0 Å². The Morgan fingerprint density at radius 2 is 1.72 bits per heavy atom. The number of carbonyl (C=O) groups is 2. The SMILES string of the molecule is CC(C)COc1ccc(/C(O)=C2\C(=O)C(=O)N(CCN(C)C)[C@H]2c2ccc(Br)cc2)cc1. The summed E-state index contributed by atoms with van der Waals surface area (Å²) in [7, 11) is 3.82. The number of Topliss-reactive ketones (excluding diaryl/α,β-unsaturated/α-hetero) is 1. The van der Waals surface area contributed by atoms with E-state index in [1.807, 2.05) is 43.3 Å². The molecule has 2 aromatic rings. The minimum absolute atomic E-state index is 0.104. The standard InChI is InChI=1S/C25H29BrN2O4/c1-16(2)15-32-20-11-7-18(8-12-20)23(29)21-22(17-5-9-19(26)10-6-17)28(14-13-27(3)4)25(31)24(21)30/h5-12,16,22,29H,13-15H2,1-4H3/b23-21+/t22-/m0/s1. The largest absolute Gasteiger partial charge is 0.507 e. The van der Waals surface area contributed by atoms with Gasteiger partial charge in [0.1, 0.15) is 11.5 Å². The van der Waals surface area contributed by atoms with Crippen LogP contribution in [0.2, 0.25) is 0 Å². The lowest BCUT2D eigenvalue weighted by atomic mass is 9.95. The molecule has 1 atom stereocenters. The monoisotopic (exact) mass is 500 g/mol. The zero-order chi connectivity index (χ0) is 23.4. The average Bonchev–Trinajstić information content (AvgIpc) is 3.01. The summed E-state index contributed by atoms with van der Waals surface area (Å²) < 4.78 is 6.59. The highest BCUT2D eigenvalue weighted by Gasteiger charge is 2.45. The quantitative estimate of drug-likeness (QED) is 0.329. The molecule has 170 valence electrons. The maximum atomic E-state index is 13.0. The molecule has 0 aliphatic carbocycles. The Bertz CT molecular complexity index is 998. The molecular formula is C25H29BrN2O4. The fourth-order valence-electron chi connectivity index (χ4n) is 3.54. The predicted octanol–water partition coefficient (Wildman–Crippen LogP) is 4.47. The Kier molecular flexibility index (Phi) is 7.74. The Balaban J connectivity index is 2.02. The van der Waals surface area contributed by atoms with Gasteiger partial charge in [0.25, 0.3) is 11.7 Å². The van der Waals surface area contributed by atoms with Gasteiger partial charge in [-0.15, -0.1) is 0 Å². The van der Waals surface area contributed by atoms with Crippen molar-refractivity contribution in [2.75, 3.05) is 33.8 Å². The van der Waals surface area contributed by atoms with Crippen LogP contribution in [0.25, 0.3) is 5.76 Å². The number of likely N-dealkylation sites (tertiary alicyclic amines) is 1. The third kappa shape index (κ3) is 5.40. The molecule has 1 N–H and O–H groups in total. The van der Waals surface area contributed by atoms with Gasteiger partial charge in [0.05, 0.1) is 18.2 Å². The van der Waals surface area contributed by atoms with E-state index >= 15 is 0 Å². The van der Waals surface area contributed by atoms with Crippen molar-refractivity contribution in [3.05, 3.63) is 69.7 Å². The summed E-state index contributed by atoms with van der Waals surface area (Å²) >= 11 is 3.42. The van der Waals surface area contributed by atoms with Gasteiger partial charge in [0.15, 0.2) is 0 Å². The molecule has 0 radical (unpaired) electrons. The molecule has 3 rings (SSSR count). The van der Waals surface area contributed by atoms with E-state index in [2.05, 4.69) is 29.8 Å². The van der Waals surface area contributed by atoms with Gasteiger partial charge < -0.3 is 19.6 Å². The first-order valence-corrected chi connectivity index (χ1v) is 11.4. The molecule has 7 heteroatoms. The predicted molar refractivity (Wildman–Crippen MR) is 128 cm³/mol. The molecule has 0 unspecified atom stereocenters. The van der Waals surface area contributed by atoms with Crippen molar-refractivity contribution >= 4 is 33.4 Å². The molecule has 6 nitrogen and oxygen atoms in total. The summed E-state index contributed by atoms with van der Waals surface area (Å²) in [6.45, 7) is 5.69. The van der Waals surface area contributed by atoms with Crippen LogP contribution >= 0.6 is 15.9 Å². The maximum Gasteiger partial charge on any atom is 0.295 e. The van der Waals surface area contributed by atoms with E-state index in [9.17, 15) is 14.7 Å². The number of halogens is 1. The number of amides is 1. The molecular weight excluding hydrogens is 472 g/mol.